The van der Waals surface area contributed by atoms with Crippen molar-refractivity contribution < 1.29 is 4.79 Å². The molecule has 1 fully saturated rings. The van der Waals surface area contributed by atoms with Crippen LogP contribution in [0.25, 0.3) is 0 Å². The Morgan fingerprint density at radius 1 is 1.38 bits per heavy atom. The van der Waals surface area contributed by atoms with E-state index in [1.165, 1.54) is 17.8 Å². The van der Waals surface area contributed by atoms with Crippen molar-refractivity contribution in [3.05, 3.63) is 4.88 Å². The molecule has 0 radical (unpaired) electrons. The lowest BCUT2D eigenvalue weighted by molar-refractivity contribution is 0.0580. The number of anilines is 2. The van der Waals surface area contributed by atoms with Crippen LogP contribution in [0.3, 0.4) is 0 Å². The third-order valence-electron chi connectivity index (χ3n) is 4.25. The van der Waals surface area contributed by atoms with Gasteiger partial charge in [-0.2, -0.15) is 0 Å². The SMILES string of the molecule is CCN(CC)c1nc(N)c(C(=O)N2CC(C)CCC2C)s1. The van der Waals surface area contributed by atoms with Gasteiger partial charge in [0, 0.05) is 25.7 Å². The number of piperidine rings is 1. The third kappa shape index (κ3) is 3.31. The smallest absolute Gasteiger partial charge is 0.268 e. The van der Waals surface area contributed by atoms with E-state index in [4.69, 9.17) is 5.73 Å². The zero-order valence-electron chi connectivity index (χ0n) is 13.4. The number of hydrogen-bond donors (Lipinski definition) is 1. The summed E-state index contributed by atoms with van der Waals surface area (Å²) >= 11 is 1.42. The fraction of sp³-hybridized carbons (Fsp3) is 0.733. The minimum atomic E-state index is 0.0439. The fourth-order valence-electron chi connectivity index (χ4n) is 2.80. The summed E-state index contributed by atoms with van der Waals surface area (Å²) in [7, 11) is 0. The van der Waals surface area contributed by atoms with E-state index in [0.29, 0.717) is 16.6 Å². The Bertz CT molecular complexity index is 498. The number of likely N-dealkylation sites (tertiary alicyclic amines) is 1. The highest BCUT2D eigenvalue weighted by Gasteiger charge is 2.30. The summed E-state index contributed by atoms with van der Waals surface area (Å²) in [4.78, 5) is 21.9. The first-order valence-corrected chi connectivity index (χ1v) is 8.61. The number of rotatable bonds is 4. The molecule has 1 amide bonds. The van der Waals surface area contributed by atoms with Crippen molar-refractivity contribution in [3.63, 3.8) is 0 Å². The van der Waals surface area contributed by atoms with Gasteiger partial charge in [-0.3, -0.25) is 4.79 Å². The van der Waals surface area contributed by atoms with Crippen LogP contribution in [0.15, 0.2) is 0 Å². The molecular formula is C15H26N4OS. The second-order valence-corrected chi connectivity index (χ2v) is 6.85. The molecule has 21 heavy (non-hydrogen) atoms. The monoisotopic (exact) mass is 310 g/mol. The highest BCUT2D eigenvalue weighted by atomic mass is 32.1. The van der Waals surface area contributed by atoms with Crippen LogP contribution < -0.4 is 10.6 Å². The zero-order valence-corrected chi connectivity index (χ0v) is 14.2. The first-order chi connectivity index (χ1) is 9.97. The van der Waals surface area contributed by atoms with Gasteiger partial charge < -0.3 is 15.5 Å². The largest absolute Gasteiger partial charge is 0.382 e. The van der Waals surface area contributed by atoms with Crippen molar-refractivity contribution in [1.82, 2.24) is 9.88 Å². The summed E-state index contributed by atoms with van der Waals surface area (Å²) in [6.45, 7) is 11.0. The fourth-order valence-corrected chi connectivity index (χ4v) is 3.87. The molecule has 0 bridgehead atoms. The maximum Gasteiger partial charge on any atom is 0.268 e. The first kappa shape index (κ1) is 16.1. The second-order valence-electron chi connectivity index (χ2n) is 5.87. The van der Waals surface area contributed by atoms with Gasteiger partial charge in [0.2, 0.25) is 0 Å². The van der Waals surface area contributed by atoms with Gasteiger partial charge in [0.15, 0.2) is 5.13 Å². The minimum absolute atomic E-state index is 0.0439. The van der Waals surface area contributed by atoms with Crippen molar-refractivity contribution in [3.8, 4) is 0 Å². The Balaban J connectivity index is 2.22. The molecule has 2 rings (SSSR count). The summed E-state index contributed by atoms with van der Waals surface area (Å²) in [6.07, 6.45) is 2.25. The van der Waals surface area contributed by atoms with E-state index in [-0.39, 0.29) is 11.9 Å². The number of nitrogen functional groups attached to an aromatic ring is 1. The molecule has 0 spiro atoms. The molecule has 0 aromatic carbocycles. The molecule has 118 valence electrons. The van der Waals surface area contributed by atoms with E-state index in [0.717, 1.165) is 31.2 Å². The lowest BCUT2D eigenvalue weighted by Gasteiger charge is -2.36. The topological polar surface area (TPSA) is 62.5 Å². The number of aromatic nitrogens is 1. The maximum absolute atomic E-state index is 12.8. The van der Waals surface area contributed by atoms with Crippen LogP contribution in [-0.4, -0.2) is 41.5 Å². The van der Waals surface area contributed by atoms with E-state index in [2.05, 4.69) is 37.6 Å². The number of hydrogen-bond acceptors (Lipinski definition) is 5. The highest BCUT2D eigenvalue weighted by molar-refractivity contribution is 7.18. The number of nitrogens with zero attached hydrogens (tertiary/aromatic N) is 3. The zero-order chi connectivity index (χ0) is 15.6. The van der Waals surface area contributed by atoms with Crippen molar-refractivity contribution >= 4 is 28.2 Å². The molecule has 1 aromatic heterocycles. The van der Waals surface area contributed by atoms with E-state index in [9.17, 15) is 4.79 Å². The van der Waals surface area contributed by atoms with Crippen molar-refractivity contribution in [2.75, 3.05) is 30.3 Å². The number of thiazole rings is 1. The Hall–Kier alpha value is -1.30. The van der Waals surface area contributed by atoms with Gasteiger partial charge in [-0.1, -0.05) is 18.3 Å². The number of amides is 1. The van der Waals surface area contributed by atoms with Crippen LogP contribution in [0, 0.1) is 5.92 Å². The van der Waals surface area contributed by atoms with Crippen LogP contribution in [0.1, 0.15) is 50.2 Å². The molecule has 2 N–H and O–H groups in total. The number of nitrogens with two attached hydrogens (primary N) is 1. The van der Waals surface area contributed by atoms with Gasteiger partial charge in [-0.15, -0.1) is 0 Å². The predicted molar refractivity (Wildman–Crippen MR) is 89.0 cm³/mol. The normalized spacial score (nSPS) is 22.4. The molecule has 2 heterocycles. The Morgan fingerprint density at radius 3 is 2.67 bits per heavy atom. The molecule has 1 saturated heterocycles. The molecule has 5 nitrogen and oxygen atoms in total. The van der Waals surface area contributed by atoms with Crippen LogP contribution in [0.4, 0.5) is 10.9 Å². The van der Waals surface area contributed by atoms with Crippen LogP contribution in [0.2, 0.25) is 0 Å². The lowest BCUT2D eigenvalue weighted by atomic mass is 9.95. The van der Waals surface area contributed by atoms with Gasteiger partial charge >= 0.3 is 0 Å². The Labute approximate surface area is 131 Å². The van der Waals surface area contributed by atoms with Crippen LogP contribution in [-0.2, 0) is 0 Å². The quantitative estimate of drug-likeness (QED) is 0.929. The second kappa shape index (κ2) is 6.64. The van der Waals surface area contributed by atoms with Crippen LogP contribution >= 0.6 is 11.3 Å². The average molecular weight is 310 g/mol. The van der Waals surface area contributed by atoms with E-state index < -0.39 is 0 Å². The molecule has 6 heteroatoms. The average Bonchev–Trinajstić information content (AvgIpc) is 2.84. The summed E-state index contributed by atoms with van der Waals surface area (Å²) in [5, 5.41) is 0.846. The summed E-state index contributed by atoms with van der Waals surface area (Å²) < 4.78 is 0. The van der Waals surface area contributed by atoms with E-state index in [1.54, 1.807) is 0 Å². The highest BCUT2D eigenvalue weighted by Crippen LogP contribution is 2.31. The molecule has 0 aliphatic carbocycles. The predicted octanol–water partition coefficient (Wildman–Crippen LogP) is 2.83. The molecule has 2 atom stereocenters. The lowest BCUT2D eigenvalue weighted by Crippen LogP contribution is -2.44. The molecule has 2 unspecified atom stereocenters. The van der Waals surface area contributed by atoms with Gasteiger partial charge in [0.05, 0.1) is 0 Å². The number of carbonyl (C=O) groups is 1. The molecule has 1 aliphatic rings. The summed E-state index contributed by atoms with van der Waals surface area (Å²) in [5.41, 5.74) is 6.00. The molecule has 0 saturated carbocycles. The van der Waals surface area contributed by atoms with Gasteiger partial charge in [0.1, 0.15) is 10.7 Å². The maximum atomic E-state index is 12.8. The van der Waals surface area contributed by atoms with Crippen molar-refractivity contribution in [1.29, 1.82) is 0 Å². The summed E-state index contributed by atoms with van der Waals surface area (Å²) in [5.74, 6) is 0.973. The molecule has 1 aliphatic heterocycles. The number of carbonyl (C=O) groups excluding carboxylic acids is 1. The van der Waals surface area contributed by atoms with Crippen molar-refractivity contribution in [2.45, 2.75) is 46.6 Å². The first-order valence-electron chi connectivity index (χ1n) is 7.80. The van der Waals surface area contributed by atoms with Crippen molar-refractivity contribution in [2.24, 2.45) is 5.92 Å². The van der Waals surface area contributed by atoms with Crippen LogP contribution in [0.5, 0.6) is 0 Å². The Kier molecular flexibility index (Phi) is 5.08. The molecule has 1 aromatic rings. The minimum Gasteiger partial charge on any atom is -0.382 e. The van der Waals surface area contributed by atoms with Gasteiger partial charge in [-0.25, -0.2) is 4.98 Å². The molecular weight excluding hydrogens is 284 g/mol. The standard InChI is InChI=1S/C15H26N4OS/c1-5-18(6-2)15-17-13(16)12(21-15)14(20)19-9-10(3)7-8-11(19)4/h10-11H,5-9,16H2,1-4H3. The third-order valence-corrected chi connectivity index (χ3v) is 5.37. The van der Waals surface area contributed by atoms with E-state index >= 15 is 0 Å². The Morgan fingerprint density at radius 2 is 2.05 bits per heavy atom. The van der Waals surface area contributed by atoms with Gasteiger partial charge in [0.25, 0.3) is 5.91 Å². The van der Waals surface area contributed by atoms with Gasteiger partial charge in [-0.05, 0) is 39.5 Å². The van der Waals surface area contributed by atoms with E-state index in [1.807, 2.05) is 4.90 Å². The summed E-state index contributed by atoms with van der Waals surface area (Å²) in [6, 6.07) is 0.284.